The maximum absolute atomic E-state index is 12.9. The molecule has 198 valence electrons. The van der Waals surface area contributed by atoms with Crippen LogP contribution in [0.2, 0.25) is 0 Å². The van der Waals surface area contributed by atoms with Crippen molar-refractivity contribution in [1.29, 1.82) is 0 Å². The van der Waals surface area contributed by atoms with Gasteiger partial charge in [-0.2, -0.15) is 0 Å². The predicted molar refractivity (Wildman–Crippen MR) is 117 cm³/mol. The minimum absolute atomic E-state index is 0.370. The number of nitrogens with two attached hydrogens (primary N) is 1. The van der Waals surface area contributed by atoms with Crippen molar-refractivity contribution < 1.29 is 54.0 Å². The molecule has 0 heterocycles. The Balaban J connectivity index is 5.64. The van der Waals surface area contributed by atoms with E-state index >= 15 is 0 Å². The largest absolute Gasteiger partial charge is 0.481 e. The minimum atomic E-state index is -1.61. The molecule has 5 atom stereocenters. The molecule has 0 aromatic heterocycles. The fourth-order valence-electron chi connectivity index (χ4n) is 2.84. The molecule has 0 bridgehead atoms. The monoisotopic (exact) mass is 504 g/mol. The van der Waals surface area contributed by atoms with Gasteiger partial charge in [0.25, 0.3) is 0 Å². The van der Waals surface area contributed by atoms with E-state index in [-0.39, 0.29) is 0 Å². The van der Waals surface area contributed by atoms with E-state index in [4.69, 9.17) is 21.1 Å². The lowest BCUT2D eigenvalue weighted by Gasteiger charge is -2.27. The van der Waals surface area contributed by atoms with Crippen molar-refractivity contribution in [2.45, 2.75) is 76.5 Å². The lowest BCUT2D eigenvalue weighted by Crippen LogP contribution is -2.58. The van der Waals surface area contributed by atoms with Crippen LogP contribution in [0.3, 0.4) is 0 Å². The van der Waals surface area contributed by atoms with Crippen molar-refractivity contribution in [2.24, 2.45) is 11.7 Å². The first kappa shape index (κ1) is 31.2. The SMILES string of the molecule is CCC(C)C(NC(=O)C(N)CC(=O)O)C(=O)NC(CCC(=O)O)C(=O)NC(CCC(=O)O)C(=O)O. The summed E-state index contributed by atoms with van der Waals surface area (Å²) in [6.45, 7) is 3.29. The third-order valence-electron chi connectivity index (χ3n) is 5.07. The van der Waals surface area contributed by atoms with E-state index in [0.29, 0.717) is 6.42 Å². The summed E-state index contributed by atoms with van der Waals surface area (Å²) < 4.78 is 0. The lowest BCUT2D eigenvalue weighted by molar-refractivity contribution is -0.144. The minimum Gasteiger partial charge on any atom is -0.481 e. The van der Waals surface area contributed by atoms with Gasteiger partial charge in [0.2, 0.25) is 17.7 Å². The predicted octanol–water partition coefficient (Wildman–Crippen LogP) is -1.90. The molecule has 0 radical (unpaired) electrons. The molecule has 15 nitrogen and oxygen atoms in total. The highest BCUT2D eigenvalue weighted by Gasteiger charge is 2.33. The lowest BCUT2D eigenvalue weighted by atomic mass is 9.97. The van der Waals surface area contributed by atoms with Crippen molar-refractivity contribution in [2.75, 3.05) is 0 Å². The fraction of sp³-hybridized carbons (Fsp3) is 0.650. The van der Waals surface area contributed by atoms with Crippen LogP contribution in [0.15, 0.2) is 0 Å². The van der Waals surface area contributed by atoms with Crippen molar-refractivity contribution in [3.05, 3.63) is 0 Å². The second-order valence-electron chi connectivity index (χ2n) is 7.90. The first-order valence-corrected chi connectivity index (χ1v) is 10.7. The molecule has 9 N–H and O–H groups in total. The number of hydrogen-bond donors (Lipinski definition) is 8. The van der Waals surface area contributed by atoms with E-state index < -0.39 is 104 Å². The molecule has 0 aromatic rings. The summed E-state index contributed by atoms with van der Waals surface area (Å²) in [4.78, 5) is 81.7. The van der Waals surface area contributed by atoms with Crippen molar-refractivity contribution in [1.82, 2.24) is 16.0 Å². The Morgan fingerprint density at radius 2 is 1.20 bits per heavy atom. The van der Waals surface area contributed by atoms with Gasteiger partial charge in [0.15, 0.2) is 0 Å². The third kappa shape index (κ3) is 12.3. The van der Waals surface area contributed by atoms with Gasteiger partial charge >= 0.3 is 23.9 Å². The Hall–Kier alpha value is -3.75. The molecule has 0 spiro atoms. The molecule has 0 aliphatic carbocycles. The van der Waals surface area contributed by atoms with Crippen LogP contribution in [0.1, 0.15) is 52.4 Å². The Bertz CT molecular complexity index is 817. The molecule has 0 rings (SSSR count). The van der Waals surface area contributed by atoms with Gasteiger partial charge in [-0.15, -0.1) is 0 Å². The molecule has 0 saturated heterocycles. The van der Waals surface area contributed by atoms with Gasteiger partial charge in [0, 0.05) is 12.8 Å². The first-order chi connectivity index (χ1) is 16.2. The summed E-state index contributed by atoms with van der Waals surface area (Å²) in [6, 6.07) is -5.86. The van der Waals surface area contributed by atoms with Gasteiger partial charge in [-0.3, -0.25) is 28.8 Å². The van der Waals surface area contributed by atoms with Gasteiger partial charge in [0.05, 0.1) is 12.5 Å². The Kier molecular flexibility index (Phi) is 13.6. The molecule has 0 saturated carbocycles. The van der Waals surface area contributed by atoms with E-state index in [1.165, 1.54) is 0 Å². The number of nitrogens with one attached hydrogen (secondary N) is 3. The highest BCUT2D eigenvalue weighted by molar-refractivity contribution is 5.95. The maximum Gasteiger partial charge on any atom is 0.326 e. The molecule has 5 unspecified atom stereocenters. The Labute approximate surface area is 200 Å². The Morgan fingerprint density at radius 3 is 1.63 bits per heavy atom. The van der Waals surface area contributed by atoms with Gasteiger partial charge in [-0.05, 0) is 18.8 Å². The summed E-state index contributed by atoms with van der Waals surface area (Å²) >= 11 is 0. The normalized spacial score (nSPS) is 14.9. The standard InChI is InChI=1S/C20H32N4O11/c1-3-9(2)16(24-17(31)10(21)8-15(29)30)19(33)22-11(4-6-13(25)26)18(32)23-12(20(34)35)5-7-14(27)28/h9-12,16H,3-8,21H2,1-2H3,(H,22,33)(H,23,32)(H,24,31)(H,25,26)(H,27,28)(H,29,30)(H,34,35). The highest BCUT2D eigenvalue weighted by atomic mass is 16.4. The van der Waals surface area contributed by atoms with Crippen LogP contribution < -0.4 is 21.7 Å². The van der Waals surface area contributed by atoms with Crippen LogP contribution in [0.5, 0.6) is 0 Å². The van der Waals surface area contributed by atoms with E-state index in [2.05, 4.69) is 16.0 Å². The zero-order chi connectivity index (χ0) is 27.3. The van der Waals surface area contributed by atoms with Crippen LogP contribution in [0.25, 0.3) is 0 Å². The molecular formula is C20H32N4O11. The average molecular weight is 504 g/mol. The van der Waals surface area contributed by atoms with Crippen LogP contribution in [-0.4, -0.2) is 86.2 Å². The smallest absolute Gasteiger partial charge is 0.326 e. The van der Waals surface area contributed by atoms with E-state index in [9.17, 15) is 38.7 Å². The fourth-order valence-corrected chi connectivity index (χ4v) is 2.84. The topological polar surface area (TPSA) is 263 Å². The molecule has 15 heteroatoms. The number of carboxylic acids is 4. The quantitative estimate of drug-likeness (QED) is 0.108. The number of carboxylic acid groups (broad SMARTS) is 4. The molecule has 35 heavy (non-hydrogen) atoms. The van der Waals surface area contributed by atoms with Gasteiger partial charge in [0.1, 0.15) is 18.1 Å². The second kappa shape index (κ2) is 15.2. The van der Waals surface area contributed by atoms with Gasteiger partial charge in [-0.25, -0.2) is 4.79 Å². The van der Waals surface area contributed by atoms with Crippen molar-refractivity contribution >= 4 is 41.6 Å². The number of aliphatic carboxylic acids is 4. The number of hydrogen-bond acceptors (Lipinski definition) is 8. The average Bonchev–Trinajstić information content (AvgIpc) is 2.75. The molecule has 0 fully saturated rings. The van der Waals surface area contributed by atoms with Gasteiger partial charge < -0.3 is 42.1 Å². The van der Waals surface area contributed by atoms with Crippen molar-refractivity contribution in [3.63, 3.8) is 0 Å². The summed E-state index contributed by atoms with van der Waals surface area (Å²) in [6.07, 6.45) is -2.36. The molecule has 0 aliphatic heterocycles. The first-order valence-electron chi connectivity index (χ1n) is 10.7. The number of rotatable bonds is 17. The van der Waals surface area contributed by atoms with Crippen LogP contribution in [-0.2, 0) is 33.6 Å². The zero-order valence-corrected chi connectivity index (χ0v) is 19.4. The molecular weight excluding hydrogens is 472 g/mol. The van der Waals surface area contributed by atoms with E-state index in [1.807, 2.05) is 0 Å². The van der Waals surface area contributed by atoms with Crippen LogP contribution in [0, 0.1) is 5.92 Å². The van der Waals surface area contributed by atoms with Crippen LogP contribution >= 0.6 is 0 Å². The summed E-state index contributed by atoms with van der Waals surface area (Å²) in [5.41, 5.74) is 5.52. The maximum atomic E-state index is 12.9. The third-order valence-corrected chi connectivity index (χ3v) is 5.07. The summed E-state index contributed by atoms with van der Waals surface area (Å²) in [7, 11) is 0. The van der Waals surface area contributed by atoms with E-state index in [1.54, 1.807) is 13.8 Å². The van der Waals surface area contributed by atoms with Gasteiger partial charge in [-0.1, -0.05) is 20.3 Å². The molecule has 0 aromatic carbocycles. The molecule has 0 aliphatic rings. The zero-order valence-electron chi connectivity index (χ0n) is 19.4. The summed E-state index contributed by atoms with van der Waals surface area (Å²) in [5.74, 6) is -8.87. The number of carbonyl (C=O) groups is 7. The second-order valence-corrected chi connectivity index (χ2v) is 7.90. The molecule has 3 amide bonds. The highest BCUT2D eigenvalue weighted by Crippen LogP contribution is 2.10. The van der Waals surface area contributed by atoms with E-state index in [0.717, 1.165) is 0 Å². The van der Waals surface area contributed by atoms with Crippen molar-refractivity contribution in [3.8, 4) is 0 Å². The number of carbonyl (C=O) groups excluding carboxylic acids is 3. The summed E-state index contributed by atoms with van der Waals surface area (Å²) in [5, 5.41) is 42.4. The Morgan fingerprint density at radius 1 is 0.714 bits per heavy atom. The number of amides is 3. The van der Waals surface area contributed by atoms with Crippen LogP contribution in [0.4, 0.5) is 0 Å².